The van der Waals surface area contributed by atoms with E-state index >= 15 is 0 Å². The van der Waals surface area contributed by atoms with Crippen LogP contribution in [0, 0.1) is 17.7 Å². The fourth-order valence-corrected chi connectivity index (χ4v) is 3.11. The number of halogens is 1. The summed E-state index contributed by atoms with van der Waals surface area (Å²) in [6.07, 6.45) is 3.36. The van der Waals surface area contributed by atoms with Gasteiger partial charge in [0.05, 0.1) is 12.7 Å². The monoisotopic (exact) mass is 266 g/mol. The third-order valence-electron chi connectivity index (χ3n) is 4.39. The molecule has 1 N–H and O–H groups in total. The number of ether oxygens (including phenoxy) is 1. The van der Waals surface area contributed by atoms with Gasteiger partial charge in [-0.2, -0.15) is 0 Å². The van der Waals surface area contributed by atoms with E-state index in [1.54, 1.807) is 12.1 Å². The Balaban J connectivity index is 2.28. The van der Waals surface area contributed by atoms with Crippen molar-refractivity contribution in [1.82, 2.24) is 0 Å². The van der Waals surface area contributed by atoms with Crippen LogP contribution in [0.4, 0.5) is 4.39 Å². The molecule has 0 heterocycles. The van der Waals surface area contributed by atoms with Crippen molar-refractivity contribution < 1.29 is 14.2 Å². The average Bonchev–Trinajstić information content (AvgIpc) is 2.38. The molecule has 0 saturated heterocycles. The first-order valence-corrected chi connectivity index (χ1v) is 7.02. The Kier molecular flexibility index (Phi) is 4.14. The summed E-state index contributed by atoms with van der Waals surface area (Å²) in [5.41, 5.74) is -0.609. The van der Waals surface area contributed by atoms with Crippen LogP contribution in [0.15, 0.2) is 18.2 Å². The van der Waals surface area contributed by atoms with Crippen LogP contribution >= 0.6 is 0 Å². The van der Waals surface area contributed by atoms with E-state index in [1.807, 2.05) is 0 Å². The SMILES string of the molecule is COc1ccc(C2(O)CCCC(C(C)C)C2)c(F)c1. The number of aliphatic hydroxyl groups is 1. The van der Waals surface area contributed by atoms with Crippen molar-refractivity contribution in [1.29, 1.82) is 0 Å². The van der Waals surface area contributed by atoms with Crippen LogP contribution in [0.5, 0.6) is 5.75 Å². The first kappa shape index (κ1) is 14.3. The van der Waals surface area contributed by atoms with Crippen LogP contribution in [-0.4, -0.2) is 12.2 Å². The summed E-state index contributed by atoms with van der Waals surface area (Å²) in [5.74, 6) is 1.10. The second kappa shape index (κ2) is 5.49. The highest BCUT2D eigenvalue weighted by atomic mass is 19.1. The van der Waals surface area contributed by atoms with Crippen molar-refractivity contribution in [3.8, 4) is 5.75 Å². The zero-order valence-electron chi connectivity index (χ0n) is 11.9. The second-order valence-electron chi connectivity index (χ2n) is 5.98. The molecule has 1 aromatic rings. The van der Waals surface area contributed by atoms with Gasteiger partial charge in [-0.15, -0.1) is 0 Å². The molecular weight excluding hydrogens is 243 g/mol. The summed E-state index contributed by atoms with van der Waals surface area (Å²) in [6.45, 7) is 4.33. The molecule has 2 rings (SSSR count). The predicted octanol–water partition coefficient (Wildman–Crippen LogP) is 3.87. The maximum absolute atomic E-state index is 14.2. The molecule has 1 aromatic carbocycles. The Bertz CT molecular complexity index is 444. The Morgan fingerprint density at radius 3 is 2.74 bits per heavy atom. The Hall–Kier alpha value is -1.09. The van der Waals surface area contributed by atoms with Crippen LogP contribution in [0.25, 0.3) is 0 Å². The van der Waals surface area contributed by atoms with Crippen molar-refractivity contribution >= 4 is 0 Å². The molecule has 1 saturated carbocycles. The first-order chi connectivity index (χ1) is 8.96. The molecule has 2 nitrogen and oxygen atoms in total. The summed E-state index contributed by atoms with van der Waals surface area (Å²) >= 11 is 0. The first-order valence-electron chi connectivity index (χ1n) is 7.02. The van der Waals surface area contributed by atoms with Gasteiger partial charge in [-0.3, -0.25) is 0 Å². The van der Waals surface area contributed by atoms with Crippen LogP contribution in [0.3, 0.4) is 0 Å². The smallest absolute Gasteiger partial charge is 0.132 e. The standard InChI is InChI=1S/C16H23FO2/c1-11(2)12-5-4-8-16(18,10-12)14-7-6-13(19-3)9-15(14)17/h6-7,9,11-12,18H,4-5,8,10H2,1-3H3. The van der Waals surface area contributed by atoms with Crippen molar-refractivity contribution in [2.45, 2.75) is 45.1 Å². The molecule has 0 spiro atoms. The van der Waals surface area contributed by atoms with Gasteiger partial charge in [-0.1, -0.05) is 13.8 Å². The molecule has 0 bridgehead atoms. The van der Waals surface area contributed by atoms with Gasteiger partial charge >= 0.3 is 0 Å². The summed E-state index contributed by atoms with van der Waals surface area (Å²) in [5, 5.41) is 10.8. The highest BCUT2D eigenvalue weighted by Gasteiger charge is 2.38. The van der Waals surface area contributed by atoms with E-state index in [0.29, 0.717) is 36.0 Å². The third-order valence-corrected chi connectivity index (χ3v) is 4.39. The molecule has 0 amide bonds. The molecule has 2 atom stereocenters. The van der Waals surface area contributed by atoms with Gasteiger partial charge in [-0.25, -0.2) is 4.39 Å². The number of hydrogen-bond acceptors (Lipinski definition) is 2. The van der Waals surface area contributed by atoms with Crippen molar-refractivity contribution in [2.75, 3.05) is 7.11 Å². The number of rotatable bonds is 3. The van der Waals surface area contributed by atoms with Crippen molar-refractivity contribution in [3.05, 3.63) is 29.6 Å². The molecule has 0 aromatic heterocycles. The van der Waals surface area contributed by atoms with Crippen molar-refractivity contribution in [2.24, 2.45) is 11.8 Å². The predicted molar refractivity (Wildman–Crippen MR) is 73.6 cm³/mol. The minimum absolute atomic E-state index is 0.369. The molecular formula is C16H23FO2. The van der Waals surface area contributed by atoms with Gasteiger partial charge in [0.1, 0.15) is 11.6 Å². The van der Waals surface area contributed by atoms with Crippen molar-refractivity contribution in [3.63, 3.8) is 0 Å². The van der Waals surface area contributed by atoms with E-state index in [1.165, 1.54) is 13.2 Å². The van der Waals surface area contributed by atoms with E-state index < -0.39 is 5.60 Å². The molecule has 0 radical (unpaired) electrons. The molecule has 19 heavy (non-hydrogen) atoms. The lowest BCUT2D eigenvalue weighted by atomic mass is 9.71. The second-order valence-corrected chi connectivity index (χ2v) is 5.98. The largest absolute Gasteiger partial charge is 0.497 e. The van der Waals surface area contributed by atoms with E-state index in [-0.39, 0.29) is 5.82 Å². The molecule has 1 aliphatic rings. The summed E-state index contributed by atoms with van der Waals surface area (Å²) in [6, 6.07) is 4.73. The summed E-state index contributed by atoms with van der Waals surface area (Å²) in [7, 11) is 1.51. The fraction of sp³-hybridized carbons (Fsp3) is 0.625. The highest BCUT2D eigenvalue weighted by Crippen LogP contribution is 2.43. The zero-order chi connectivity index (χ0) is 14.0. The average molecular weight is 266 g/mol. The fourth-order valence-electron chi connectivity index (χ4n) is 3.11. The number of hydrogen-bond donors (Lipinski definition) is 1. The molecule has 1 aliphatic carbocycles. The van der Waals surface area contributed by atoms with Crippen LogP contribution in [0.1, 0.15) is 45.1 Å². The zero-order valence-corrected chi connectivity index (χ0v) is 11.9. The quantitative estimate of drug-likeness (QED) is 0.900. The minimum Gasteiger partial charge on any atom is -0.497 e. The van der Waals surface area contributed by atoms with Gasteiger partial charge in [-0.05, 0) is 49.7 Å². The van der Waals surface area contributed by atoms with Gasteiger partial charge in [0.25, 0.3) is 0 Å². The van der Waals surface area contributed by atoms with E-state index in [2.05, 4.69) is 13.8 Å². The minimum atomic E-state index is -1.02. The Labute approximate surface area is 114 Å². The molecule has 2 unspecified atom stereocenters. The lowest BCUT2D eigenvalue weighted by molar-refractivity contribution is -0.0322. The topological polar surface area (TPSA) is 29.5 Å². The lowest BCUT2D eigenvalue weighted by Crippen LogP contribution is -2.35. The molecule has 1 fully saturated rings. The number of benzene rings is 1. The summed E-state index contributed by atoms with van der Waals surface area (Å²) in [4.78, 5) is 0. The van der Waals surface area contributed by atoms with Gasteiger partial charge in [0.15, 0.2) is 0 Å². The molecule has 3 heteroatoms. The normalized spacial score (nSPS) is 27.6. The Morgan fingerprint density at radius 1 is 1.42 bits per heavy atom. The van der Waals surface area contributed by atoms with E-state index in [9.17, 15) is 9.50 Å². The molecule has 106 valence electrons. The van der Waals surface area contributed by atoms with Crippen LogP contribution in [0.2, 0.25) is 0 Å². The maximum atomic E-state index is 14.2. The Morgan fingerprint density at radius 2 is 2.16 bits per heavy atom. The van der Waals surface area contributed by atoms with Gasteiger partial charge in [0, 0.05) is 11.6 Å². The summed E-state index contributed by atoms with van der Waals surface area (Å²) < 4.78 is 19.2. The van der Waals surface area contributed by atoms with E-state index in [0.717, 1.165) is 12.8 Å². The maximum Gasteiger partial charge on any atom is 0.132 e. The van der Waals surface area contributed by atoms with Gasteiger partial charge < -0.3 is 9.84 Å². The van der Waals surface area contributed by atoms with Crippen LogP contribution in [-0.2, 0) is 5.60 Å². The number of methoxy groups -OCH3 is 1. The van der Waals surface area contributed by atoms with E-state index in [4.69, 9.17) is 4.74 Å². The van der Waals surface area contributed by atoms with Gasteiger partial charge in [0.2, 0.25) is 0 Å². The van der Waals surface area contributed by atoms with Crippen LogP contribution < -0.4 is 4.74 Å². The highest BCUT2D eigenvalue weighted by molar-refractivity contribution is 5.33. The lowest BCUT2D eigenvalue weighted by Gasteiger charge is -2.39. The molecule has 0 aliphatic heterocycles. The third kappa shape index (κ3) is 2.92.